The summed E-state index contributed by atoms with van der Waals surface area (Å²) in [5, 5.41) is 8.44. The van der Waals surface area contributed by atoms with Gasteiger partial charge in [0.2, 0.25) is 11.8 Å². The molecule has 2 N–H and O–H groups in total. The Hall–Kier alpha value is -2.95. The number of benzene rings is 2. The molecule has 2 aromatic carbocycles. The van der Waals surface area contributed by atoms with Crippen molar-refractivity contribution in [1.29, 1.82) is 0 Å². The van der Waals surface area contributed by atoms with Crippen molar-refractivity contribution in [3.8, 4) is 45.4 Å². The van der Waals surface area contributed by atoms with Crippen LogP contribution in [0.15, 0.2) is 48.8 Å². The van der Waals surface area contributed by atoms with Gasteiger partial charge in [-0.25, -0.2) is 9.97 Å². The lowest BCUT2D eigenvalue weighted by molar-refractivity contribution is 0.385. The van der Waals surface area contributed by atoms with Gasteiger partial charge in [-0.3, -0.25) is 9.97 Å². The van der Waals surface area contributed by atoms with Crippen molar-refractivity contribution in [2.45, 2.75) is 43.6 Å². The van der Waals surface area contributed by atoms with E-state index in [1.807, 2.05) is 55.2 Å². The highest BCUT2D eigenvalue weighted by Gasteiger charge is 2.24. The Morgan fingerprint density at radius 3 is 1.81 bits per heavy atom. The highest BCUT2D eigenvalue weighted by atomic mass is 35.5. The fourth-order valence-electron chi connectivity index (χ4n) is 5.25. The highest BCUT2D eigenvalue weighted by molar-refractivity contribution is 7.99. The third-order valence-corrected chi connectivity index (χ3v) is 9.38. The molecule has 1 aliphatic rings. The molecule has 0 radical (unpaired) electrons. The second-order valence-electron chi connectivity index (χ2n) is 10.0. The molecular weight excluding hydrogens is 591 g/mol. The standard InChI is InChI=1S/C31H34Cl2N6O2S/c1-34-14-26-30(40-2)38-24(15-36-26)22-9-5-7-20(28(22)32)21-8-6-10-23(29(21)33)25-16-37-27(31(39-25)41-3)17-35-18-11-12-19(13-18)42-4/h5-10,15-16,18-19,34-35H,11-14,17H2,1-4H3. The van der Waals surface area contributed by atoms with Gasteiger partial charge < -0.3 is 20.1 Å². The average Bonchev–Trinajstić information content (AvgIpc) is 3.49. The van der Waals surface area contributed by atoms with Crippen molar-refractivity contribution in [1.82, 2.24) is 30.6 Å². The van der Waals surface area contributed by atoms with Crippen LogP contribution in [0.1, 0.15) is 30.7 Å². The summed E-state index contributed by atoms with van der Waals surface area (Å²) in [6.45, 7) is 1.14. The molecular formula is C31H34Cl2N6O2S. The van der Waals surface area contributed by atoms with Gasteiger partial charge in [-0.2, -0.15) is 11.8 Å². The fraction of sp³-hybridized carbons (Fsp3) is 0.355. The van der Waals surface area contributed by atoms with E-state index >= 15 is 0 Å². The number of aromatic nitrogens is 4. The number of thioether (sulfide) groups is 1. The Morgan fingerprint density at radius 1 is 0.810 bits per heavy atom. The van der Waals surface area contributed by atoms with Crippen LogP contribution < -0.4 is 20.1 Å². The molecule has 5 rings (SSSR count). The van der Waals surface area contributed by atoms with E-state index in [1.165, 1.54) is 19.3 Å². The van der Waals surface area contributed by atoms with Gasteiger partial charge in [0, 0.05) is 46.6 Å². The van der Waals surface area contributed by atoms with Crippen LogP contribution >= 0.6 is 35.0 Å². The molecule has 2 heterocycles. The van der Waals surface area contributed by atoms with Gasteiger partial charge in [0.05, 0.1) is 48.0 Å². The Labute approximate surface area is 261 Å². The minimum Gasteiger partial charge on any atom is -0.480 e. The lowest BCUT2D eigenvalue weighted by Crippen LogP contribution is -2.27. The molecule has 0 bridgehead atoms. The molecule has 8 nitrogen and oxygen atoms in total. The Morgan fingerprint density at radius 2 is 1.33 bits per heavy atom. The lowest BCUT2D eigenvalue weighted by atomic mass is 9.98. The molecule has 0 aliphatic heterocycles. The second-order valence-corrected chi connectivity index (χ2v) is 11.9. The van der Waals surface area contributed by atoms with Crippen LogP contribution in [0.4, 0.5) is 0 Å². The molecule has 2 unspecified atom stereocenters. The highest BCUT2D eigenvalue weighted by Crippen LogP contribution is 2.42. The van der Waals surface area contributed by atoms with E-state index in [9.17, 15) is 0 Å². The zero-order valence-electron chi connectivity index (χ0n) is 24.1. The first-order valence-corrected chi connectivity index (χ1v) is 15.8. The summed E-state index contributed by atoms with van der Waals surface area (Å²) in [7, 11) is 5.04. The number of methoxy groups -OCH3 is 2. The Balaban J connectivity index is 1.44. The summed E-state index contributed by atoms with van der Waals surface area (Å²) in [4.78, 5) is 18.7. The van der Waals surface area contributed by atoms with Gasteiger partial charge in [0.1, 0.15) is 11.4 Å². The van der Waals surface area contributed by atoms with Crippen molar-refractivity contribution < 1.29 is 9.47 Å². The summed E-state index contributed by atoms with van der Waals surface area (Å²) in [5.41, 5.74) is 5.70. The fourth-order valence-corrected chi connectivity index (χ4v) is 6.69. The molecule has 1 aliphatic carbocycles. The van der Waals surface area contributed by atoms with Crippen LogP contribution in [0.5, 0.6) is 11.8 Å². The summed E-state index contributed by atoms with van der Waals surface area (Å²) in [6, 6.07) is 12.0. The molecule has 2 atom stereocenters. The van der Waals surface area contributed by atoms with Crippen LogP contribution in [0.2, 0.25) is 10.0 Å². The quantitative estimate of drug-likeness (QED) is 0.189. The third kappa shape index (κ3) is 6.50. The first-order valence-electron chi connectivity index (χ1n) is 13.8. The Kier molecular flexibility index (Phi) is 10.2. The zero-order chi connectivity index (χ0) is 29.6. The van der Waals surface area contributed by atoms with E-state index in [2.05, 4.69) is 26.9 Å². The lowest BCUT2D eigenvalue weighted by Gasteiger charge is -2.16. The third-order valence-electron chi connectivity index (χ3n) is 7.47. The summed E-state index contributed by atoms with van der Waals surface area (Å²) in [6.07, 6.45) is 9.21. The van der Waals surface area contributed by atoms with Gasteiger partial charge in [-0.1, -0.05) is 59.6 Å². The summed E-state index contributed by atoms with van der Waals surface area (Å²) < 4.78 is 11.1. The SMILES string of the molecule is CNCc1ncc(-c2cccc(-c3cccc(-c4cnc(CNC5CCC(SC)C5)c(OC)n4)c3Cl)c2Cl)nc1OC. The molecule has 1 saturated carbocycles. The second kappa shape index (κ2) is 14.0. The number of hydrogen-bond acceptors (Lipinski definition) is 9. The maximum Gasteiger partial charge on any atom is 0.237 e. The molecule has 0 saturated heterocycles. The molecule has 0 amide bonds. The van der Waals surface area contributed by atoms with Crippen molar-refractivity contribution in [2.75, 3.05) is 27.5 Å². The molecule has 42 heavy (non-hydrogen) atoms. The predicted molar refractivity (Wildman–Crippen MR) is 172 cm³/mol. The molecule has 1 fully saturated rings. The largest absolute Gasteiger partial charge is 0.480 e. The van der Waals surface area contributed by atoms with Crippen LogP contribution in [-0.2, 0) is 13.1 Å². The van der Waals surface area contributed by atoms with Crippen LogP contribution in [0, 0.1) is 0 Å². The topological polar surface area (TPSA) is 94.1 Å². The van der Waals surface area contributed by atoms with Crippen molar-refractivity contribution in [3.05, 3.63) is 70.2 Å². The van der Waals surface area contributed by atoms with Crippen molar-refractivity contribution in [3.63, 3.8) is 0 Å². The minimum atomic E-state index is 0.446. The van der Waals surface area contributed by atoms with Gasteiger partial charge in [-0.05, 0) is 32.6 Å². The Bertz CT molecular complexity index is 1560. The van der Waals surface area contributed by atoms with Crippen LogP contribution in [0.3, 0.4) is 0 Å². The zero-order valence-corrected chi connectivity index (χ0v) is 26.4. The molecule has 11 heteroatoms. The average molecular weight is 626 g/mol. The van der Waals surface area contributed by atoms with E-state index in [4.69, 9.17) is 42.6 Å². The number of rotatable bonds is 11. The van der Waals surface area contributed by atoms with Gasteiger partial charge in [-0.15, -0.1) is 0 Å². The molecule has 220 valence electrons. The first-order chi connectivity index (χ1) is 20.5. The first kappa shape index (κ1) is 30.5. The van der Waals surface area contributed by atoms with Gasteiger partial charge in [0.25, 0.3) is 0 Å². The smallest absolute Gasteiger partial charge is 0.237 e. The predicted octanol–water partition coefficient (Wildman–Crippen LogP) is 6.68. The number of nitrogens with one attached hydrogen (secondary N) is 2. The van der Waals surface area contributed by atoms with E-state index in [1.54, 1.807) is 26.6 Å². The number of ether oxygens (including phenoxy) is 2. The molecule has 2 aromatic heterocycles. The normalized spacial score (nSPS) is 16.5. The summed E-state index contributed by atoms with van der Waals surface area (Å²) in [5.74, 6) is 0.928. The maximum atomic E-state index is 7.02. The van der Waals surface area contributed by atoms with Crippen molar-refractivity contribution >= 4 is 35.0 Å². The van der Waals surface area contributed by atoms with E-state index in [0.717, 1.165) is 33.2 Å². The van der Waals surface area contributed by atoms with Crippen LogP contribution in [0.25, 0.3) is 33.6 Å². The number of halogens is 2. The minimum absolute atomic E-state index is 0.446. The number of nitrogens with zero attached hydrogens (tertiary/aromatic N) is 4. The van der Waals surface area contributed by atoms with Crippen molar-refractivity contribution in [2.24, 2.45) is 0 Å². The van der Waals surface area contributed by atoms with E-state index < -0.39 is 0 Å². The number of hydrogen-bond donors (Lipinski definition) is 2. The molecule has 0 spiro atoms. The van der Waals surface area contributed by atoms with E-state index in [0.29, 0.717) is 58.0 Å². The van der Waals surface area contributed by atoms with Gasteiger partial charge in [0.15, 0.2) is 0 Å². The van der Waals surface area contributed by atoms with Crippen LogP contribution in [-0.4, -0.2) is 58.8 Å². The monoisotopic (exact) mass is 624 g/mol. The molecule has 4 aromatic rings. The van der Waals surface area contributed by atoms with E-state index in [-0.39, 0.29) is 0 Å². The summed E-state index contributed by atoms with van der Waals surface area (Å²) >= 11 is 16.0. The van der Waals surface area contributed by atoms with Gasteiger partial charge >= 0.3 is 0 Å². The maximum absolute atomic E-state index is 7.02.